The van der Waals surface area contributed by atoms with Crippen LogP contribution in [-0.4, -0.2) is 31.3 Å². The third-order valence-corrected chi connectivity index (χ3v) is 5.43. The maximum Gasteiger partial charge on any atom is 0.305 e. The van der Waals surface area contributed by atoms with Crippen LogP contribution < -0.4 is 9.47 Å². The number of esters is 1. The van der Waals surface area contributed by atoms with E-state index in [9.17, 15) is 4.79 Å². The number of carbonyl (C=O) groups excluding carboxylic acids is 1. The topological polar surface area (TPSA) is 60.6 Å². The van der Waals surface area contributed by atoms with Crippen molar-refractivity contribution in [3.05, 3.63) is 83.5 Å². The molecule has 32 heavy (non-hydrogen) atoms. The van der Waals surface area contributed by atoms with Crippen molar-refractivity contribution in [3.8, 4) is 22.6 Å². The summed E-state index contributed by atoms with van der Waals surface area (Å²) in [5.74, 6) is 1.29. The molecule has 0 fully saturated rings. The number of methoxy groups -OCH3 is 1. The van der Waals surface area contributed by atoms with E-state index >= 15 is 0 Å². The number of aromatic nitrogens is 1. The first-order valence-corrected chi connectivity index (χ1v) is 10.8. The fourth-order valence-corrected chi connectivity index (χ4v) is 3.62. The lowest BCUT2D eigenvalue weighted by Gasteiger charge is -2.14. The second-order valence-corrected chi connectivity index (χ2v) is 7.77. The van der Waals surface area contributed by atoms with Crippen LogP contribution in [0.1, 0.15) is 12.0 Å². The highest BCUT2D eigenvalue weighted by atomic mass is 35.5. The number of H-pyrrole nitrogens is 1. The van der Waals surface area contributed by atoms with Gasteiger partial charge in [0.1, 0.15) is 24.7 Å². The van der Waals surface area contributed by atoms with Gasteiger partial charge in [-0.15, -0.1) is 0 Å². The van der Waals surface area contributed by atoms with Gasteiger partial charge in [-0.2, -0.15) is 0 Å². The van der Waals surface area contributed by atoms with Crippen LogP contribution in [0.2, 0.25) is 5.02 Å². The highest BCUT2D eigenvalue weighted by Crippen LogP contribution is 2.33. The molecule has 1 aromatic heterocycles. The maximum atomic E-state index is 11.6. The van der Waals surface area contributed by atoms with Crippen molar-refractivity contribution in [2.45, 2.75) is 12.8 Å². The molecule has 3 aromatic carbocycles. The van der Waals surface area contributed by atoms with Gasteiger partial charge in [-0.1, -0.05) is 23.7 Å². The number of carbonyl (C=O) groups is 1. The summed E-state index contributed by atoms with van der Waals surface area (Å²) in [6.07, 6.45) is 2.86. The van der Waals surface area contributed by atoms with E-state index in [1.54, 1.807) is 12.1 Å². The lowest BCUT2D eigenvalue weighted by Crippen LogP contribution is -2.09. The van der Waals surface area contributed by atoms with E-state index < -0.39 is 0 Å². The van der Waals surface area contributed by atoms with Crippen LogP contribution in [0.4, 0.5) is 0 Å². The van der Waals surface area contributed by atoms with Crippen molar-refractivity contribution in [2.75, 3.05) is 20.3 Å². The molecule has 0 saturated carbocycles. The van der Waals surface area contributed by atoms with Crippen molar-refractivity contribution in [1.82, 2.24) is 4.98 Å². The molecular weight excluding hydrogens is 426 g/mol. The highest BCUT2D eigenvalue weighted by molar-refractivity contribution is 6.30. The molecule has 0 aliphatic rings. The number of nitrogens with one attached hydrogen (secondary N) is 1. The number of halogens is 1. The Labute approximate surface area is 191 Å². The van der Waals surface area contributed by atoms with Gasteiger partial charge in [0, 0.05) is 28.7 Å². The Bertz CT molecular complexity index is 1200. The Hall–Kier alpha value is -3.44. The van der Waals surface area contributed by atoms with Crippen molar-refractivity contribution in [3.63, 3.8) is 0 Å². The molecule has 4 aromatic rings. The highest BCUT2D eigenvalue weighted by Gasteiger charge is 2.11. The van der Waals surface area contributed by atoms with Gasteiger partial charge in [0.2, 0.25) is 0 Å². The zero-order valence-electron chi connectivity index (χ0n) is 17.8. The van der Waals surface area contributed by atoms with Crippen LogP contribution in [0.15, 0.2) is 72.9 Å². The van der Waals surface area contributed by atoms with Crippen molar-refractivity contribution < 1.29 is 19.0 Å². The standard InChI is InChI=1S/C26H24ClNO4/c1-30-26(29)11-3-18-2-10-25(32-15-14-31-22-7-5-21(27)6-8-22)23(16-18)19-4-9-24-20(17-19)12-13-28-24/h2,4-10,12-13,16-17,28H,3,11,14-15H2,1H3. The van der Waals surface area contributed by atoms with E-state index in [4.69, 9.17) is 25.8 Å². The molecule has 0 unspecified atom stereocenters. The molecule has 0 saturated heterocycles. The normalized spacial score (nSPS) is 10.8. The summed E-state index contributed by atoms with van der Waals surface area (Å²) in [6.45, 7) is 0.797. The number of fused-ring (bicyclic) bond motifs is 1. The fourth-order valence-electron chi connectivity index (χ4n) is 3.50. The number of hydrogen-bond acceptors (Lipinski definition) is 4. The van der Waals surface area contributed by atoms with E-state index in [-0.39, 0.29) is 5.97 Å². The summed E-state index contributed by atoms with van der Waals surface area (Å²) in [4.78, 5) is 14.8. The van der Waals surface area contributed by atoms with Gasteiger partial charge in [0.05, 0.1) is 7.11 Å². The Morgan fingerprint density at radius 3 is 2.56 bits per heavy atom. The summed E-state index contributed by atoms with van der Waals surface area (Å²) in [5, 5.41) is 1.80. The number of aryl methyl sites for hydroxylation is 1. The van der Waals surface area contributed by atoms with E-state index in [2.05, 4.69) is 29.2 Å². The fraction of sp³-hybridized carbons (Fsp3) is 0.192. The molecule has 6 heteroatoms. The molecule has 1 N–H and O–H groups in total. The molecule has 5 nitrogen and oxygen atoms in total. The minimum absolute atomic E-state index is 0.222. The maximum absolute atomic E-state index is 11.6. The van der Waals surface area contributed by atoms with Gasteiger partial charge in [-0.05, 0) is 77.5 Å². The number of hydrogen-bond donors (Lipinski definition) is 1. The zero-order valence-corrected chi connectivity index (χ0v) is 18.5. The van der Waals surface area contributed by atoms with Gasteiger partial charge < -0.3 is 19.2 Å². The summed E-state index contributed by atoms with van der Waals surface area (Å²) >= 11 is 5.91. The molecule has 164 valence electrons. The van der Waals surface area contributed by atoms with Crippen LogP contribution in [0.5, 0.6) is 11.5 Å². The van der Waals surface area contributed by atoms with E-state index in [1.165, 1.54) is 7.11 Å². The second-order valence-electron chi connectivity index (χ2n) is 7.34. The molecular formula is C26H24ClNO4. The largest absolute Gasteiger partial charge is 0.490 e. The summed E-state index contributed by atoms with van der Waals surface area (Å²) in [6, 6.07) is 21.5. The smallest absolute Gasteiger partial charge is 0.305 e. The average molecular weight is 450 g/mol. The third-order valence-electron chi connectivity index (χ3n) is 5.18. The number of rotatable bonds is 9. The van der Waals surface area contributed by atoms with Gasteiger partial charge in [0.15, 0.2) is 0 Å². The van der Waals surface area contributed by atoms with Crippen LogP contribution in [0, 0.1) is 0 Å². The zero-order chi connectivity index (χ0) is 22.3. The van der Waals surface area contributed by atoms with Gasteiger partial charge >= 0.3 is 5.97 Å². The molecule has 1 heterocycles. The van der Waals surface area contributed by atoms with Crippen molar-refractivity contribution in [1.29, 1.82) is 0 Å². The summed E-state index contributed by atoms with van der Waals surface area (Å²) in [7, 11) is 1.41. The molecule has 0 aliphatic heterocycles. The molecule has 0 amide bonds. The average Bonchev–Trinajstić information content (AvgIpc) is 3.29. The van der Waals surface area contributed by atoms with Gasteiger partial charge in [0.25, 0.3) is 0 Å². The van der Waals surface area contributed by atoms with Crippen LogP contribution >= 0.6 is 11.6 Å². The van der Waals surface area contributed by atoms with Crippen molar-refractivity contribution in [2.24, 2.45) is 0 Å². The predicted octanol–water partition coefficient (Wildman–Crippen LogP) is 6.05. The van der Waals surface area contributed by atoms with E-state index in [0.717, 1.165) is 39.1 Å². The summed E-state index contributed by atoms with van der Waals surface area (Å²) in [5.41, 5.74) is 4.14. The molecule has 0 spiro atoms. The molecule has 0 atom stereocenters. The van der Waals surface area contributed by atoms with Crippen LogP contribution in [0.3, 0.4) is 0 Å². The Balaban J connectivity index is 1.51. The molecule has 0 aliphatic carbocycles. The lowest BCUT2D eigenvalue weighted by molar-refractivity contribution is -0.140. The lowest BCUT2D eigenvalue weighted by atomic mass is 9.99. The number of aromatic amines is 1. The Morgan fingerprint density at radius 1 is 0.938 bits per heavy atom. The minimum atomic E-state index is -0.222. The van der Waals surface area contributed by atoms with E-state index in [1.807, 2.05) is 36.5 Å². The minimum Gasteiger partial charge on any atom is -0.490 e. The van der Waals surface area contributed by atoms with Gasteiger partial charge in [-0.3, -0.25) is 4.79 Å². The van der Waals surface area contributed by atoms with Crippen LogP contribution in [0.25, 0.3) is 22.0 Å². The quantitative estimate of drug-likeness (QED) is 0.249. The molecule has 0 radical (unpaired) electrons. The first-order chi connectivity index (χ1) is 15.6. The Kier molecular flexibility index (Phi) is 6.97. The number of ether oxygens (including phenoxy) is 3. The van der Waals surface area contributed by atoms with Crippen molar-refractivity contribution >= 4 is 28.5 Å². The Morgan fingerprint density at radius 2 is 1.75 bits per heavy atom. The first kappa shape index (κ1) is 21.8. The van der Waals surface area contributed by atoms with E-state index in [0.29, 0.717) is 31.1 Å². The monoisotopic (exact) mass is 449 g/mol. The molecule has 4 rings (SSSR count). The second kappa shape index (κ2) is 10.2. The van der Waals surface area contributed by atoms with Gasteiger partial charge in [-0.25, -0.2) is 0 Å². The number of benzene rings is 3. The van der Waals surface area contributed by atoms with Crippen LogP contribution in [-0.2, 0) is 16.0 Å². The third kappa shape index (κ3) is 5.42. The SMILES string of the molecule is COC(=O)CCc1ccc(OCCOc2ccc(Cl)cc2)c(-c2ccc3[nH]ccc3c2)c1. The predicted molar refractivity (Wildman–Crippen MR) is 127 cm³/mol. The summed E-state index contributed by atoms with van der Waals surface area (Å²) < 4.78 is 16.6. The first-order valence-electron chi connectivity index (χ1n) is 10.4. The molecule has 0 bridgehead atoms.